The number of piperazine rings is 1. The SMILES string of the molecule is CCNC(=NCC1CN(C)CCN1C)N(C)Cc1ccccc1.I. The number of hydrogen-bond acceptors (Lipinski definition) is 3. The van der Waals surface area contributed by atoms with Crippen LogP contribution in [-0.2, 0) is 6.54 Å². The van der Waals surface area contributed by atoms with Gasteiger partial charge in [0.1, 0.15) is 0 Å². The molecule has 0 bridgehead atoms. The third-order valence-corrected chi connectivity index (χ3v) is 4.39. The van der Waals surface area contributed by atoms with Gasteiger partial charge in [0.05, 0.1) is 6.54 Å². The molecule has 1 saturated heterocycles. The van der Waals surface area contributed by atoms with Crippen LogP contribution in [-0.4, -0.2) is 80.6 Å². The Labute approximate surface area is 164 Å². The van der Waals surface area contributed by atoms with Crippen LogP contribution >= 0.6 is 24.0 Å². The van der Waals surface area contributed by atoms with Crippen molar-refractivity contribution in [3.05, 3.63) is 35.9 Å². The number of aliphatic imine (C=N–C) groups is 1. The molecular weight excluding hydrogens is 413 g/mol. The molecule has 1 aliphatic heterocycles. The van der Waals surface area contributed by atoms with E-state index in [1.54, 1.807) is 0 Å². The highest BCUT2D eigenvalue weighted by Gasteiger charge is 2.22. The second kappa shape index (κ2) is 10.9. The van der Waals surface area contributed by atoms with E-state index in [0.29, 0.717) is 6.04 Å². The van der Waals surface area contributed by atoms with E-state index >= 15 is 0 Å². The molecule has 5 nitrogen and oxygen atoms in total. The lowest BCUT2D eigenvalue weighted by molar-refractivity contribution is 0.119. The molecule has 24 heavy (non-hydrogen) atoms. The Morgan fingerprint density at radius 1 is 1.25 bits per heavy atom. The van der Waals surface area contributed by atoms with E-state index in [0.717, 1.165) is 45.2 Å². The van der Waals surface area contributed by atoms with E-state index in [-0.39, 0.29) is 24.0 Å². The predicted molar refractivity (Wildman–Crippen MR) is 113 cm³/mol. The van der Waals surface area contributed by atoms with E-state index < -0.39 is 0 Å². The summed E-state index contributed by atoms with van der Waals surface area (Å²) in [4.78, 5) is 11.9. The summed E-state index contributed by atoms with van der Waals surface area (Å²) in [5, 5.41) is 3.41. The lowest BCUT2D eigenvalue weighted by Crippen LogP contribution is -2.51. The summed E-state index contributed by atoms with van der Waals surface area (Å²) in [6.45, 7) is 8.06. The van der Waals surface area contributed by atoms with Crippen molar-refractivity contribution in [1.82, 2.24) is 20.0 Å². The Kier molecular flexibility index (Phi) is 9.61. The second-order valence-corrected chi connectivity index (χ2v) is 6.43. The first-order chi connectivity index (χ1) is 11.1. The number of likely N-dealkylation sites (N-methyl/N-ethyl adjacent to an activating group) is 2. The first-order valence-electron chi connectivity index (χ1n) is 8.52. The molecule has 1 aliphatic rings. The van der Waals surface area contributed by atoms with Crippen molar-refractivity contribution in [1.29, 1.82) is 0 Å². The van der Waals surface area contributed by atoms with Crippen LogP contribution in [0.5, 0.6) is 0 Å². The van der Waals surface area contributed by atoms with Crippen molar-refractivity contribution < 1.29 is 0 Å². The highest BCUT2D eigenvalue weighted by molar-refractivity contribution is 14.0. The van der Waals surface area contributed by atoms with E-state index in [4.69, 9.17) is 4.99 Å². The number of rotatable bonds is 5. The highest BCUT2D eigenvalue weighted by atomic mass is 127. The van der Waals surface area contributed by atoms with Gasteiger partial charge in [-0.15, -0.1) is 24.0 Å². The smallest absolute Gasteiger partial charge is 0.194 e. The quantitative estimate of drug-likeness (QED) is 0.427. The maximum Gasteiger partial charge on any atom is 0.194 e. The molecule has 0 radical (unpaired) electrons. The number of hydrogen-bond donors (Lipinski definition) is 1. The van der Waals surface area contributed by atoms with Crippen LogP contribution in [0, 0.1) is 0 Å². The monoisotopic (exact) mass is 445 g/mol. The van der Waals surface area contributed by atoms with Gasteiger partial charge in [-0.05, 0) is 26.6 Å². The molecule has 1 unspecified atom stereocenters. The van der Waals surface area contributed by atoms with Gasteiger partial charge in [-0.25, -0.2) is 0 Å². The zero-order valence-corrected chi connectivity index (χ0v) is 17.7. The van der Waals surface area contributed by atoms with E-state index in [9.17, 15) is 0 Å². The van der Waals surface area contributed by atoms with Crippen LogP contribution in [0.25, 0.3) is 0 Å². The van der Waals surface area contributed by atoms with Gasteiger partial charge in [-0.1, -0.05) is 30.3 Å². The summed E-state index contributed by atoms with van der Waals surface area (Å²) >= 11 is 0. The summed E-state index contributed by atoms with van der Waals surface area (Å²) in [5.74, 6) is 0.984. The third kappa shape index (κ3) is 6.57. The van der Waals surface area contributed by atoms with Gasteiger partial charge in [0, 0.05) is 45.8 Å². The maximum absolute atomic E-state index is 4.88. The Bertz CT molecular complexity index is 493. The van der Waals surface area contributed by atoms with Gasteiger partial charge in [0.15, 0.2) is 5.96 Å². The van der Waals surface area contributed by atoms with Crippen LogP contribution in [0.3, 0.4) is 0 Å². The summed E-state index contributed by atoms with van der Waals surface area (Å²) in [6.07, 6.45) is 0. The first-order valence-corrected chi connectivity index (χ1v) is 8.52. The van der Waals surface area contributed by atoms with Crippen molar-refractivity contribution in [3.8, 4) is 0 Å². The fraction of sp³-hybridized carbons (Fsp3) is 0.611. The van der Waals surface area contributed by atoms with Crippen molar-refractivity contribution >= 4 is 29.9 Å². The molecule has 1 aromatic carbocycles. The molecule has 1 fully saturated rings. The normalized spacial score (nSPS) is 19.7. The molecule has 0 amide bonds. The summed E-state index contributed by atoms with van der Waals surface area (Å²) in [6, 6.07) is 11.0. The number of nitrogens with one attached hydrogen (secondary N) is 1. The number of halogens is 1. The molecule has 2 rings (SSSR count). The zero-order chi connectivity index (χ0) is 16.7. The molecule has 136 valence electrons. The summed E-state index contributed by atoms with van der Waals surface area (Å²) in [7, 11) is 6.50. The van der Waals surface area contributed by atoms with Crippen LogP contribution < -0.4 is 5.32 Å². The number of guanidine groups is 1. The predicted octanol–water partition coefficient (Wildman–Crippen LogP) is 1.95. The first kappa shape index (κ1) is 21.2. The second-order valence-electron chi connectivity index (χ2n) is 6.43. The Morgan fingerprint density at radius 3 is 2.62 bits per heavy atom. The molecule has 0 spiro atoms. The molecule has 1 atom stereocenters. The number of nitrogens with zero attached hydrogens (tertiary/aromatic N) is 4. The molecule has 0 aliphatic carbocycles. The molecule has 6 heteroatoms. The minimum absolute atomic E-state index is 0. The van der Waals surface area contributed by atoms with Crippen molar-refractivity contribution in [2.24, 2.45) is 4.99 Å². The van der Waals surface area contributed by atoms with Crippen LogP contribution in [0.15, 0.2) is 35.3 Å². The van der Waals surface area contributed by atoms with Gasteiger partial charge in [-0.2, -0.15) is 0 Å². The van der Waals surface area contributed by atoms with Gasteiger partial charge < -0.3 is 15.1 Å². The fourth-order valence-electron chi connectivity index (χ4n) is 2.89. The molecule has 0 aromatic heterocycles. The van der Waals surface area contributed by atoms with E-state index in [2.05, 4.69) is 78.4 Å². The minimum atomic E-state index is 0. The van der Waals surface area contributed by atoms with Gasteiger partial charge in [0.25, 0.3) is 0 Å². The standard InChI is InChI=1S/C18H31N5.HI/c1-5-19-18(23(4)14-16-9-7-6-8-10-16)20-13-17-15-21(2)11-12-22(17)3;/h6-10,17H,5,11-15H2,1-4H3,(H,19,20);1H. The average molecular weight is 445 g/mol. The van der Waals surface area contributed by atoms with Crippen LogP contribution in [0.2, 0.25) is 0 Å². The number of benzene rings is 1. The van der Waals surface area contributed by atoms with Gasteiger partial charge in [0.2, 0.25) is 0 Å². The third-order valence-electron chi connectivity index (χ3n) is 4.39. The van der Waals surface area contributed by atoms with Gasteiger partial charge in [-0.3, -0.25) is 9.89 Å². The zero-order valence-electron chi connectivity index (χ0n) is 15.4. The van der Waals surface area contributed by atoms with Crippen LogP contribution in [0.1, 0.15) is 12.5 Å². The van der Waals surface area contributed by atoms with Gasteiger partial charge >= 0.3 is 0 Å². The van der Waals surface area contributed by atoms with Crippen LogP contribution in [0.4, 0.5) is 0 Å². The largest absolute Gasteiger partial charge is 0.357 e. The maximum atomic E-state index is 4.88. The lowest BCUT2D eigenvalue weighted by Gasteiger charge is -2.37. The average Bonchev–Trinajstić information content (AvgIpc) is 2.55. The molecule has 1 heterocycles. The molecule has 1 N–H and O–H groups in total. The Hall–Kier alpha value is -0.860. The molecule has 1 aromatic rings. The van der Waals surface area contributed by atoms with Crippen molar-refractivity contribution in [3.63, 3.8) is 0 Å². The van der Waals surface area contributed by atoms with Crippen molar-refractivity contribution in [2.75, 3.05) is 53.9 Å². The molecular formula is C18H32IN5. The Balaban J connectivity index is 0.00000288. The summed E-state index contributed by atoms with van der Waals surface area (Å²) in [5.41, 5.74) is 1.30. The Morgan fingerprint density at radius 2 is 1.96 bits per heavy atom. The van der Waals surface area contributed by atoms with E-state index in [1.165, 1.54) is 5.56 Å². The van der Waals surface area contributed by atoms with Crippen molar-refractivity contribution in [2.45, 2.75) is 19.5 Å². The van der Waals surface area contributed by atoms with E-state index in [1.807, 2.05) is 0 Å². The highest BCUT2D eigenvalue weighted by Crippen LogP contribution is 2.07. The summed E-state index contributed by atoms with van der Waals surface area (Å²) < 4.78 is 0. The topological polar surface area (TPSA) is 34.1 Å². The lowest BCUT2D eigenvalue weighted by atomic mass is 10.2. The molecule has 0 saturated carbocycles. The minimum Gasteiger partial charge on any atom is -0.357 e. The fourth-order valence-corrected chi connectivity index (χ4v) is 2.89.